The monoisotopic (exact) mass is 201 g/mol. The Morgan fingerprint density at radius 3 is 2.40 bits per heavy atom. The van der Waals surface area contributed by atoms with Crippen LogP contribution in [0.1, 0.15) is 5.56 Å². The van der Waals surface area contributed by atoms with Crippen LogP contribution >= 0.6 is 0 Å². The molecule has 2 amide bonds. The van der Waals surface area contributed by atoms with Crippen molar-refractivity contribution in [2.75, 3.05) is 0 Å². The van der Waals surface area contributed by atoms with Crippen LogP contribution < -0.4 is 5.73 Å². The molecular formula is C10H7N3O2. The molecular weight excluding hydrogens is 194 g/mol. The first-order chi connectivity index (χ1) is 7.20. The fraction of sp³-hybridized carbons (Fsp3) is 0. The van der Waals surface area contributed by atoms with Crippen molar-refractivity contribution in [3.63, 3.8) is 0 Å². The second kappa shape index (κ2) is 3.45. The number of rotatable bonds is 2. The molecule has 0 saturated heterocycles. The van der Waals surface area contributed by atoms with Gasteiger partial charge >= 0.3 is 0 Å². The lowest BCUT2D eigenvalue weighted by molar-refractivity contribution is -0.115. The van der Waals surface area contributed by atoms with E-state index < -0.39 is 11.8 Å². The first kappa shape index (κ1) is 9.26. The highest BCUT2D eigenvalue weighted by atomic mass is 16.2. The Balaban J connectivity index is 2.57. The van der Waals surface area contributed by atoms with Crippen molar-refractivity contribution in [3.05, 3.63) is 41.6 Å². The third-order valence-electron chi connectivity index (χ3n) is 1.99. The van der Waals surface area contributed by atoms with Crippen molar-refractivity contribution in [2.45, 2.75) is 0 Å². The summed E-state index contributed by atoms with van der Waals surface area (Å²) < 4.78 is 0. The predicted molar refractivity (Wildman–Crippen MR) is 52.4 cm³/mol. The molecule has 0 fully saturated rings. The fourth-order valence-corrected chi connectivity index (χ4v) is 1.33. The van der Waals surface area contributed by atoms with Gasteiger partial charge in [0.1, 0.15) is 0 Å². The summed E-state index contributed by atoms with van der Waals surface area (Å²) in [4.78, 5) is 22.4. The van der Waals surface area contributed by atoms with Gasteiger partial charge in [0, 0.05) is 0 Å². The average molecular weight is 201 g/mol. The Bertz CT molecular complexity index is 489. The van der Waals surface area contributed by atoms with Gasteiger partial charge in [0.25, 0.3) is 11.8 Å². The summed E-state index contributed by atoms with van der Waals surface area (Å²) in [6.45, 7) is 0. The lowest BCUT2D eigenvalue weighted by Crippen LogP contribution is -2.13. The van der Waals surface area contributed by atoms with Gasteiger partial charge in [-0.05, 0) is 5.56 Å². The van der Waals surface area contributed by atoms with Crippen LogP contribution in [0, 0.1) is 0 Å². The molecule has 1 aromatic carbocycles. The first-order valence-electron chi connectivity index (χ1n) is 4.25. The van der Waals surface area contributed by atoms with E-state index in [0.717, 1.165) is 0 Å². The van der Waals surface area contributed by atoms with Crippen molar-refractivity contribution in [1.82, 2.24) is 0 Å². The Kier molecular flexibility index (Phi) is 2.13. The molecule has 1 aromatic rings. The highest BCUT2D eigenvalue weighted by Crippen LogP contribution is 2.25. The Morgan fingerprint density at radius 2 is 1.80 bits per heavy atom. The lowest BCUT2D eigenvalue weighted by atomic mass is 10.0. The average Bonchev–Trinajstić information content (AvgIpc) is 2.61. The van der Waals surface area contributed by atoms with E-state index in [2.05, 4.69) is 10.2 Å². The molecule has 5 heteroatoms. The lowest BCUT2D eigenvalue weighted by Gasteiger charge is -1.99. The molecule has 0 aliphatic carbocycles. The van der Waals surface area contributed by atoms with Gasteiger partial charge in [-0.2, -0.15) is 0 Å². The molecule has 1 heterocycles. The Hall–Kier alpha value is -2.30. The van der Waals surface area contributed by atoms with E-state index in [0.29, 0.717) is 5.56 Å². The summed E-state index contributed by atoms with van der Waals surface area (Å²) in [5.74, 6) is -1.28. The van der Waals surface area contributed by atoms with Gasteiger partial charge in [-0.1, -0.05) is 30.3 Å². The van der Waals surface area contributed by atoms with Crippen LogP contribution in [0.15, 0.2) is 46.3 Å². The van der Waals surface area contributed by atoms with Gasteiger partial charge in [0.05, 0.1) is 5.57 Å². The number of nitrogens with zero attached hydrogens (tertiary/aromatic N) is 2. The van der Waals surface area contributed by atoms with Crippen molar-refractivity contribution >= 4 is 17.4 Å². The van der Waals surface area contributed by atoms with Gasteiger partial charge in [0.2, 0.25) is 0 Å². The number of carbonyl (C=O) groups is 2. The molecule has 0 radical (unpaired) electrons. The van der Waals surface area contributed by atoms with E-state index in [-0.39, 0.29) is 11.3 Å². The van der Waals surface area contributed by atoms with Gasteiger partial charge in [-0.25, -0.2) is 0 Å². The minimum atomic E-state index is -0.747. The zero-order chi connectivity index (χ0) is 10.8. The molecule has 1 aliphatic heterocycles. The molecule has 1 aliphatic rings. The summed E-state index contributed by atoms with van der Waals surface area (Å²) >= 11 is 0. The number of hydrogen-bond donors (Lipinski definition) is 1. The third-order valence-corrected chi connectivity index (χ3v) is 1.99. The van der Waals surface area contributed by atoms with Crippen molar-refractivity contribution in [2.24, 2.45) is 16.0 Å². The van der Waals surface area contributed by atoms with Crippen LogP contribution in [0.4, 0.5) is 0 Å². The van der Waals surface area contributed by atoms with Crippen LogP contribution in [0.3, 0.4) is 0 Å². The summed E-state index contributed by atoms with van der Waals surface area (Å²) in [5.41, 5.74) is 5.78. The zero-order valence-electron chi connectivity index (χ0n) is 7.68. The molecule has 74 valence electrons. The number of azo groups is 1. The molecule has 0 spiro atoms. The quantitative estimate of drug-likeness (QED) is 0.769. The molecule has 0 unspecified atom stereocenters. The molecule has 0 atom stereocenters. The van der Waals surface area contributed by atoms with E-state index in [1.165, 1.54) is 0 Å². The van der Waals surface area contributed by atoms with Gasteiger partial charge in [0.15, 0.2) is 5.70 Å². The molecule has 2 N–H and O–H groups in total. The number of primary amides is 1. The Morgan fingerprint density at radius 1 is 1.13 bits per heavy atom. The van der Waals surface area contributed by atoms with Crippen LogP contribution in [0.25, 0.3) is 5.57 Å². The van der Waals surface area contributed by atoms with Gasteiger partial charge < -0.3 is 5.73 Å². The summed E-state index contributed by atoms with van der Waals surface area (Å²) in [6, 6.07) is 8.72. The molecule has 15 heavy (non-hydrogen) atoms. The summed E-state index contributed by atoms with van der Waals surface area (Å²) in [7, 11) is 0. The molecule has 0 bridgehead atoms. The number of amides is 2. The maximum atomic E-state index is 11.4. The highest BCUT2D eigenvalue weighted by Gasteiger charge is 2.25. The van der Waals surface area contributed by atoms with Crippen molar-refractivity contribution in [3.8, 4) is 0 Å². The largest absolute Gasteiger partial charge is 0.364 e. The normalized spacial score (nSPS) is 14.8. The number of hydrogen-bond acceptors (Lipinski definition) is 3. The van der Waals surface area contributed by atoms with Gasteiger partial charge in [-0.15, -0.1) is 10.2 Å². The zero-order valence-corrected chi connectivity index (χ0v) is 7.68. The minimum absolute atomic E-state index is 0.0776. The highest BCUT2D eigenvalue weighted by molar-refractivity contribution is 6.27. The topological polar surface area (TPSA) is 84.9 Å². The number of benzene rings is 1. The number of carbonyl (C=O) groups excluding carboxylic acids is 2. The van der Waals surface area contributed by atoms with Crippen molar-refractivity contribution < 1.29 is 9.59 Å². The summed E-state index contributed by atoms with van der Waals surface area (Å²) in [6.07, 6.45) is 0. The fourth-order valence-electron chi connectivity index (χ4n) is 1.33. The minimum Gasteiger partial charge on any atom is -0.364 e. The van der Waals surface area contributed by atoms with Crippen molar-refractivity contribution in [1.29, 1.82) is 0 Å². The SMILES string of the molecule is NC(=O)C1=C(c2ccccc2)C(=O)N=N1. The smallest absolute Gasteiger partial charge is 0.298 e. The molecule has 0 aromatic heterocycles. The maximum Gasteiger partial charge on any atom is 0.298 e. The first-order valence-corrected chi connectivity index (χ1v) is 4.25. The van der Waals surface area contributed by atoms with Crippen LogP contribution in [-0.2, 0) is 9.59 Å². The standard InChI is InChI=1S/C10H7N3O2/c11-9(14)8-7(10(15)13-12-8)6-4-2-1-3-5-6/h1-5H,(H2,11,14). The molecule has 5 nitrogen and oxygen atoms in total. The number of nitrogens with two attached hydrogens (primary N) is 1. The molecule has 2 rings (SSSR count). The van der Waals surface area contributed by atoms with Crippen LogP contribution in [-0.4, -0.2) is 11.8 Å². The second-order valence-electron chi connectivity index (χ2n) is 2.96. The summed E-state index contributed by atoms with van der Waals surface area (Å²) in [5, 5.41) is 6.76. The van der Waals surface area contributed by atoms with E-state index >= 15 is 0 Å². The maximum absolute atomic E-state index is 11.4. The van der Waals surface area contributed by atoms with E-state index in [9.17, 15) is 9.59 Å². The Labute approximate surface area is 85.3 Å². The second-order valence-corrected chi connectivity index (χ2v) is 2.96. The van der Waals surface area contributed by atoms with Gasteiger partial charge in [-0.3, -0.25) is 9.59 Å². The molecule has 0 saturated carbocycles. The van der Waals surface area contributed by atoms with E-state index in [1.807, 2.05) is 6.07 Å². The van der Waals surface area contributed by atoms with E-state index in [4.69, 9.17) is 5.73 Å². The van der Waals surface area contributed by atoms with Crippen LogP contribution in [0.5, 0.6) is 0 Å². The third kappa shape index (κ3) is 1.54. The van der Waals surface area contributed by atoms with E-state index in [1.54, 1.807) is 24.3 Å². The van der Waals surface area contributed by atoms with Crippen LogP contribution in [0.2, 0.25) is 0 Å². The predicted octanol–water partition coefficient (Wildman–Crippen LogP) is 0.875.